The Morgan fingerprint density at radius 1 is 1.47 bits per heavy atom. The molecule has 0 saturated carbocycles. The second-order valence-electron chi connectivity index (χ2n) is 3.49. The molecule has 0 fully saturated rings. The number of hydrogen-bond donors (Lipinski definition) is 0. The summed E-state index contributed by atoms with van der Waals surface area (Å²) in [6, 6.07) is 4.36. The van der Waals surface area contributed by atoms with Gasteiger partial charge in [0.15, 0.2) is 0 Å². The van der Waals surface area contributed by atoms with E-state index < -0.39 is 12.6 Å². The van der Waals surface area contributed by atoms with Crippen LogP contribution < -0.4 is 4.74 Å². The summed E-state index contributed by atoms with van der Waals surface area (Å²) in [6.45, 7) is -3.05. The van der Waals surface area contributed by atoms with Gasteiger partial charge in [-0.05, 0) is 17.7 Å². The summed E-state index contributed by atoms with van der Waals surface area (Å²) in [6.07, 6.45) is -0.242. The van der Waals surface area contributed by atoms with Crippen LogP contribution in [0, 0.1) is 11.3 Å². The number of nitrogens with zero attached hydrogens (tertiary/aromatic N) is 1. The minimum absolute atomic E-state index is 0.0199. The summed E-state index contributed by atoms with van der Waals surface area (Å²) in [5.74, 6) is -0.818. The van der Waals surface area contributed by atoms with Gasteiger partial charge < -0.3 is 9.47 Å². The standard InChI is InChI=1S/C12H10ClF2NO3/c1-18-11(17)4-7-2-8(5-13)9(6-16)3-10(7)19-12(14)15/h2-3,12H,4-5H2,1H3. The van der Waals surface area contributed by atoms with Crippen molar-refractivity contribution in [2.45, 2.75) is 18.9 Å². The van der Waals surface area contributed by atoms with Gasteiger partial charge >= 0.3 is 12.6 Å². The second kappa shape index (κ2) is 6.90. The number of carbonyl (C=O) groups is 1. The number of nitriles is 1. The third-order valence-electron chi connectivity index (χ3n) is 2.33. The Bertz CT molecular complexity index is 514. The highest BCUT2D eigenvalue weighted by atomic mass is 35.5. The van der Waals surface area contributed by atoms with Crippen LogP contribution in [-0.4, -0.2) is 19.7 Å². The van der Waals surface area contributed by atoms with Crippen LogP contribution in [0.5, 0.6) is 5.75 Å². The first-order chi connectivity index (χ1) is 9.01. The molecule has 0 aliphatic carbocycles. The molecule has 1 rings (SSSR count). The predicted molar refractivity (Wildman–Crippen MR) is 63.1 cm³/mol. The average molecular weight is 290 g/mol. The van der Waals surface area contributed by atoms with Gasteiger partial charge in [0.2, 0.25) is 0 Å². The zero-order valence-corrected chi connectivity index (χ0v) is 10.7. The summed E-state index contributed by atoms with van der Waals surface area (Å²) in [4.78, 5) is 11.2. The Labute approximate surface area is 113 Å². The Morgan fingerprint density at radius 3 is 2.63 bits per heavy atom. The van der Waals surface area contributed by atoms with E-state index in [2.05, 4.69) is 9.47 Å². The fourth-order valence-electron chi connectivity index (χ4n) is 1.46. The molecule has 7 heteroatoms. The second-order valence-corrected chi connectivity index (χ2v) is 3.76. The highest BCUT2D eigenvalue weighted by Crippen LogP contribution is 2.27. The number of carbonyl (C=O) groups excluding carboxylic acids is 1. The summed E-state index contributed by atoms with van der Waals surface area (Å²) in [7, 11) is 1.18. The largest absolute Gasteiger partial charge is 0.469 e. The minimum Gasteiger partial charge on any atom is -0.469 e. The van der Waals surface area contributed by atoms with E-state index in [0.29, 0.717) is 5.56 Å². The highest BCUT2D eigenvalue weighted by molar-refractivity contribution is 6.17. The molecular weight excluding hydrogens is 280 g/mol. The zero-order chi connectivity index (χ0) is 14.4. The lowest BCUT2D eigenvalue weighted by atomic mass is 10.0. The van der Waals surface area contributed by atoms with Crippen molar-refractivity contribution in [3.8, 4) is 11.8 Å². The Kier molecular flexibility index (Phi) is 5.52. The van der Waals surface area contributed by atoms with Gasteiger partial charge in [0.1, 0.15) is 5.75 Å². The summed E-state index contributed by atoms with van der Waals surface area (Å²) < 4.78 is 33.3. The minimum atomic E-state index is -3.05. The van der Waals surface area contributed by atoms with Gasteiger partial charge in [-0.1, -0.05) is 0 Å². The van der Waals surface area contributed by atoms with Crippen LogP contribution in [0.1, 0.15) is 16.7 Å². The molecule has 0 atom stereocenters. The van der Waals surface area contributed by atoms with E-state index in [0.717, 1.165) is 6.07 Å². The first-order valence-electron chi connectivity index (χ1n) is 5.15. The van der Waals surface area contributed by atoms with Gasteiger partial charge in [-0.15, -0.1) is 11.6 Å². The Balaban J connectivity index is 3.23. The van der Waals surface area contributed by atoms with Gasteiger partial charge in [-0.25, -0.2) is 0 Å². The fraction of sp³-hybridized carbons (Fsp3) is 0.333. The van der Waals surface area contributed by atoms with Crippen LogP contribution in [-0.2, 0) is 21.8 Å². The zero-order valence-electron chi connectivity index (χ0n) is 9.95. The maximum absolute atomic E-state index is 12.3. The van der Waals surface area contributed by atoms with E-state index in [-0.39, 0.29) is 29.2 Å². The first-order valence-corrected chi connectivity index (χ1v) is 5.68. The number of hydrogen-bond acceptors (Lipinski definition) is 4. The molecule has 0 heterocycles. The van der Waals surface area contributed by atoms with E-state index in [4.69, 9.17) is 16.9 Å². The highest BCUT2D eigenvalue weighted by Gasteiger charge is 2.16. The normalized spacial score (nSPS) is 10.1. The Hall–Kier alpha value is -1.87. The van der Waals surface area contributed by atoms with E-state index in [9.17, 15) is 13.6 Å². The molecule has 0 radical (unpaired) electrons. The van der Waals surface area contributed by atoms with Crippen LogP contribution in [0.2, 0.25) is 0 Å². The van der Waals surface area contributed by atoms with Crippen LogP contribution in [0.3, 0.4) is 0 Å². The molecule has 0 aliphatic heterocycles. The topological polar surface area (TPSA) is 59.3 Å². The lowest BCUT2D eigenvalue weighted by Crippen LogP contribution is -2.10. The van der Waals surface area contributed by atoms with E-state index in [1.54, 1.807) is 0 Å². The third-order valence-corrected chi connectivity index (χ3v) is 2.62. The molecule has 0 aromatic heterocycles. The lowest BCUT2D eigenvalue weighted by Gasteiger charge is -2.12. The SMILES string of the molecule is COC(=O)Cc1cc(CCl)c(C#N)cc1OC(F)F. The van der Waals surface area contributed by atoms with Crippen LogP contribution in [0.4, 0.5) is 8.78 Å². The van der Waals surface area contributed by atoms with E-state index in [1.165, 1.54) is 13.2 Å². The van der Waals surface area contributed by atoms with E-state index in [1.807, 2.05) is 6.07 Å². The van der Waals surface area contributed by atoms with Crippen LogP contribution in [0.25, 0.3) is 0 Å². The number of methoxy groups -OCH3 is 1. The summed E-state index contributed by atoms with van der Waals surface area (Å²) in [5.41, 5.74) is 0.755. The number of esters is 1. The van der Waals surface area contributed by atoms with Crippen molar-refractivity contribution in [3.63, 3.8) is 0 Å². The number of rotatable bonds is 5. The molecule has 0 aliphatic rings. The number of alkyl halides is 3. The molecule has 19 heavy (non-hydrogen) atoms. The first kappa shape index (κ1) is 15.2. The molecule has 4 nitrogen and oxygen atoms in total. The molecule has 0 N–H and O–H groups in total. The van der Waals surface area contributed by atoms with Gasteiger partial charge in [0, 0.05) is 11.4 Å². The average Bonchev–Trinajstić information content (AvgIpc) is 2.39. The number of halogens is 3. The molecule has 102 valence electrons. The van der Waals surface area contributed by atoms with Gasteiger partial charge in [0.25, 0.3) is 0 Å². The predicted octanol–water partition coefficient (Wildman–Crippen LogP) is 2.61. The third kappa shape index (κ3) is 4.07. The molecular formula is C12H10ClF2NO3. The van der Waals surface area contributed by atoms with Gasteiger partial charge in [-0.3, -0.25) is 4.79 Å². The number of benzene rings is 1. The van der Waals surface area contributed by atoms with E-state index >= 15 is 0 Å². The smallest absolute Gasteiger partial charge is 0.387 e. The number of ether oxygens (including phenoxy) is 2. The quantitative estimate of drug-likeness (QED) is 0.617. The summed E-state index contributed by atoms with van der Waals surface area (Å²) in [5, 5.41) is 8.88. The van der Waals surface area contributed by atoms with Crippen LogP contribution >= 0.6 is 11.6 Å². The van der Waals surface area contributed by atoms with Gasteiger partial charge in [-0.2, -0.15) is 14.0 Å². The lowest BCUT2D eigenvalue weighted by molar-refractivity contribution is -0.139. The van der Waals surface area contributed by atoms with Crippen molar-refractivity contribution >= 4 is 17.6 Å². The summed E-state index contributed by atoms with van der Waals surface area (Å²) >= 11 is 5.66. The monoisotopic (exact) mass is 289 g/mol. The Morgan fingerprint density at radius 2 is 2.16 bits per heavy atom. The van der Waals surface area contributed by atoms with Crippen molar-refractivity contribution in [2.75, 3.05) is 7.11 Å². The van der Waals surface area contributed by atoms with Gasteiger partial charge in [0.05, 0.1) is 25.2 Å². The van der Waals surface area contributed by atoms with Crippen molar-refractivity contribution in [1.29, 1.82) is 5.26 Å². The molecule has 1 aromatic carbocycles. The molecule has 1 aromatic rings. The molecule has 0 unspecified atom stereocenters. The fourth-order valence-corrected chi connectivity index (χ4v) is 1.68. The molecule has 0 bridgehead atoms. The van der Waals surface area contributed by atoms with Crippen molar-refractivity contribution in [1.82, 2.24) is 0 Å². The molecule has 0 saturated heterocycles. The molecule has 0 spiro atoms. The molecule has 0 amide bonds. The maximum Gasteiger partial charge on any atom is 0.387 e. The van der Waals surface area contributed by atoms with Crippen molar-refractivity contribution in [3.05, 3.63) is 28.8 Å². The van der Waals surface area contributed by atoms with Crippen molar-refractivity contribution < 1.29 is 23.0 Å². The van der Waals surface area contributed by atoms with Crippen molar-refractivity contribution in [2.24, 2.45) is 0 Å². The van der Waals surface area contributed by atoms with Crippen LogP contribution in [0.15, 0.2) is 12.1 Å². The maximum atomic E-state index is 12.3.